The average Bonchev–Trinajstić information content (AvgIpc) is 2.67. The second-order valence-corrected chi connectivity index (χ2v) is 6.93. The molecule has 0 aromatic heterocycles. The minimum atomic E-state index is -1.26. The molecule has 3 rings (SSSR count). The summed E-state index contributed by atoms with van der Waals surface area (Å²) in [5.41, 5.74) is 1.53. The number of fused-ring (bicyclic) bond motifs is 1. The van der Waals surface area contributed by atoms with Gasteiger partial charge in [0.25, 0.3) is 0 Å². The summed E-state index contributed by atoms with van der Waals surface area (Å²) in [5.74, 6) is -0.662. The fraction of sp³-hybridized carbons (Fsp3) is 0.286. The zero-order valence-electron chi connectivity index (χ0n) is 15.0. The summed E-state index contributed by atoms with van der Waals surface area (Å²) in [6.45, 7) is 3.84. The predicted molar refractivity (Wildman–Crippen MR) is 101 cm³/mol. The van der Waals surface area contributed by atoms with Crippen LogP contribution in [0.1, 0.15) is 31.4 Å². The van der Waals surface area contributed by atoms with Crippen molar-refractivity contribution in [2.75, 3.05) is 16.8 Å². The normalized spacial score (nSPS) is 13.5. The fourth-order valence-corrected chi connectivity index (χ4v) is 3.15. The second kappa shape index (κ2) is 7.01. The molecule has 0 saturated carbocycles. The molecule has 0 aliphatic carbocycles. The van der Waals surface area contributed by atoms with Crippen LogP contribution in [0, 0.1) is 16.7 Å². The molecular formula is C21H21N3O2. The lowest BCUT2D eigenvalue weighted by molar-refractivity contribution is -0.136. The Balaban J connectivity index is 1.85. The van der Waals surface area contributed by atoms with E-state index in [-0.39, 0.29) is 5.91 Å². The van der Waals surface area contributed by atoms with Gasteiger partial charge in [0, 0.05) is 12.2 Å². The van der Waals surface area contributed by atoms with Crippen LogP contribution in [-0.4, -0.2) is 18.4 Å². The maximum Gasteiger partial charge on any atom is 0.242 e. The Morgan fingerprint density at radius 2 is 1.81 bits per heavy atom. The Bertz CT molecular complexity index is 896. The van der Waals surface area contributed by atoms with Crippen LogP contribution in [0.25, 0.3) is 0 Å². The molecule has 0 bridgehead atoms. The van der Waals surface area contributed by atoms with Crippen LogP contribution in [-0.2, 0) is 16.0 Å². The van der Waals surface area contributed by atoms with E-state index in [1.165, 1.54) is 0 Å². The summed E-state index contributed by atoms with van der Waals surface area (Å²) < 4.78 is 0. The van der Waals surface area contributed by atoms with Crippen molar-refractivity contribution in [3.05, 3.63) is 59.7 Å². The van der Waals surface area contributed by atoms with E-state index in [0.29, 0.717) is 17.8 Å². The van der Waals surface area contributed by atoms with Crippen molar-refractivity contribution < 1.29 is 9.59 Å². The standard InChI is InChI=1S/C21H21N3O2/c1-21(2,19(25)23-17-11-5-3-9-16(17)14-22)20(26)24-13-7-10-15-8-4-6-12-18(15)24/h3-6,8-9,11-12H,7,10,13H2,1-2H3,(H,23,25). The van der Waals surface area contributed by atoms with Gasteiger partial charge in [-0.1, -0.05) is 30.3 Å². The summed E-state index contributed by atoms with van der Waals surface area (Å²) in [7, 11) is 0. The summed E-state index contributed by atoms with van der Waals surface area (Å²) in [5, 5.41) is 11.9. The van der Waals surface area contributed by atoms with E-state index < -0.39 is 11.3 Å². The largest absolute Gasteiger partial charge is 0.324 e. The summed E-state index contributed by atoms with van der Waals surface area (Å²) in [6.07, 6.45) is 1.81. The Hall–Kier alpha value is -3.13. The van der Waals surface area contributed by atoms with Crippen LogP contribution in [0.2, 0.25) is 0 Å². The summed E-state index contributed by atoms with van der Waals surface area (Å²) in [6, 6.07) is 16.6. The van der Waals surface area contributed by atoms with Crippen LogP contribution in [0.3, 0.4) is 0 Å². The lowest BCUT2D eigenvalue weighted by Gasteiger charge is -2.35. The van der Waals surface area contributed by atoms with E-state index in [4.69, 9.17) is 0 Å². The van der Waals surface area contributed by atoms with Gasteiger partial charge in [0.05, 0.1) is 11.3 Å². The monoisotopic (exact) mass is 347 g/mol. The number of carbonyl (C=O) groups excluding carboxylic acids is 2. The molecule has 0 saturated heterocycles. The van der Waals surface area contributed by atoms with Gasteiger partial charge in [0.15, 0.2) is 0 Å². The van der Waals surface area contributed by atoms with Gasteiger partial charge in [-0.05, 0) is 50.5 Å². The third kappa shape index (κ3) is 3.18. The van der Waals surface area contributed by atoms with Gasteiger partial charge in [0.2, 0.25) is 11.8 Å². The zero-order valence-corrected chi connectivity index (χ0v) is 15.0. The second-order valence-electron chi connectivity index (χ2n) is 6.93. The van der Waals surface area contributed by atoms with E-state index in [1.54, 1.807) is 43.0 Å². The first-order valence-electron chi connectivity index (χ1n) is 8.65. The number of nitriles is 1. The fourth-order valence-electron chi connectivity index (χ4n) is 3.15. The van der Waals surface area contributed by atoms with E-state index >= 15 is 0 Å². The number of aryl methyl sites for hydroxylation is 1. The van der Waals surface area contributed by atoms with E-state index in [9.17, 15) is 14.9 Å². The van der Waals surface area contributed by atoms with Crippen LogP contribution < -0.4 is 10.2 Å². The highest BCUT2D eigenvalue weighted by atomic mass is 16.2. The first kappa shape index (κ1) is 17.7. The van der Waals surface area contributed by atoms with Crippen LogP contribution in [0.15, 0.2) is 48.5 Å². The molecular weight excluding hydrogens is 326 g/mol. The number of nitrogens with one attached hydrogen (secondary N) is 1. The molecule has 2 aromatic carbocycles. The molecule has 0 fully saturated rings. The van der Waals surface area contributed by atoms with Crippen molar-refractivity contribution >= 4 is 23.2 Å². The van der Waals surface area contributed by atoms with Crippen molar-refractivity contribution in [1.82, 2.24) is 0 Å². The molecule has 1 heterocycles. The van der Waals surface area contributed by atoms with Gasteiger partial charge >= 0.3 is 0 Å². The third-order valence-corrected chi connectivity index (χ3v) is 4.75. The molecule has 132 valence electrons. The summed E-state index contributed by atoms with van der Waals surface area (Å²) >= 11 is 0. The number of hydrogen-bond donors (Lipinski definition) is 1. The van der Waals surface area contributed by atoms with Gasteiger partial charge in [-0.15, -0.1) is 0 Å². The molecule has 0 atom stereocenters. The maximum absolute atomic E-state index is 13.2. The lowest BCUT2D eigenvalue weighted by atomic mass is 9.88. The molecule has 0 unspecified atom stereocenters. The third-order valence-electron chi connectivity index (χ3n) is 4.75. The highest BCUT2D eigenvalue weighted by Crippen LogP contribution is 2.32. The first-order chi connectivity index (χ1) is 12.4. The van der Waals surface area contributed by atoms with Gasteiger partial charge in [-0.25, -0.2) is 0 Å². The van der Waals surface area contributed by atoms with E-state index in [1.807, 2.05) is 30.3 Å². The minimum absolute atomic E-state index is 0.239. The highest BCUT2D eigenvalue weighted by Gasteiger charge is 2.41. The van der Waals surface area contributed by atoms with Gasteiger partial charge in [0.1, 0.15) is 11.5 Å². The highest BCUT2D eigenvalue weighted by molar-refractivity contribution is 6.15. The molecule has 5 heteroatoms. The van der Waals surface area contributed by atoms with Crippen LogP contribution in [0.4, 0.5) is 11.4 Å². The molecule has 5 nitrogen and oxygen atoms in total. The Morgan fingerprint density at radius 1 is 1.12 bits per heavy atom. The number of nitrogens with zero attached hydrogens (tertiary/aromatic N) is 2. The number of para-hydroxylation sites is 2. The smallest absolute Gasteiger partial charge is 0.242 e. The van der Waals surface area contributed by atoms with Gasteiger partial charge in [-0.3, -0.25) is 9.59 Å². The number of amides is 2. The molecule has 0 spiro atoms. The Labute approximate surface area is 153 Å². The predicted octanol–water partition coefficient (Wildman–Crippen LogP) is 3.50. The van der Waals surface area contributed by atoms with E-state index in [0.717, 1.165) is 24.1 Å². The summed E-state index contributed by atoms with van der Waals surface area (Å²) in [4.78, 5) is 27.7. The quantitative estimate of drug-likeness (QED) is 0.864. The number of hydrogen-bond acceptors (Lipinski definition) is 3. The van der Waals surface area contributed by atoms with Gasteiger partial charge in [-0.2, -0.15) is 5.26 Å². The maximum atomic E-state index is 13.2. The van der Waals surface area contributed by atoms with E-state index in [2.05, 4.69) is 5.32 Å². The van der Waals surface area contributed by atoms with Crippen LogP contribution in [0.5, 0.6) is 0 Å². The first-order valence-corrected chi connectivity index (χ1v) is 8.65. The average molecular weight is 347 g/mol. The number of carbonyl (C=O) groups is 2. The van der Waals surface area contributed by atoms with Crippen molar-refractivity contribution in [2.24, 2.45) is 5.41 Å². The topological polar surface area (TPSA) is 73.2 Å². The molecule has 1 N–H and O–H groups in total. The van der Waals surface area contributed by atoms with Crippen LogP contribution >= 0.6 is 0 Å². The minimum Gasteiger partial charge on any atom is -0.324 e. The number of benzene rings is 2. The van der Waals surface area contributed by atoms with Gasteiger partial charge < -0.3 is 10.2 Å². The SMILES string of the molecule is CC(C)(C(=O)Nc1ccccc1C#N)C(=O)N1CCCc2ccccc21. The molecule has 0 radical (unpaired) electrons. The molecule has 1 aliphatic heterocycles. The lowest BCUT2D eigenvalue weighted by Crippen LogP contribution is -2.49. The number of rotatable bonds is 3. The Kier molecular flexibility index (Phi) is 4.77. The molecule has 1 aliphatic rings. The number of anilines is 2. The van der Waals surface area contributed by atoms with Crippen molar-refractivity contribution in [3.63, 3.8) is 0 Å². The van der Waals surface area contributed by atoms with Crippen molar-refractivity contribution in [3.8, 4) is 6.07 Å². The molecule has 2 aromatic rings. The Morgan fingerprint density at radius 3 is 2.58 bits per heavy atom. The van der Waals surface area contributed by atoms with Crippen molar-refractivity contribution in [1.29, 1.82) is 5.26 Å². The molecule has 2 amide bonds. The van der Waals surface area contributed by atoms with Crippen molar-refractivity contribution in [2.45, 2.75) is 26.7 Å². The zero-order chi connectivity index (χ0) is 18.7. The molecule has 26 heavy (non-hydrogen) atoms.